The lowest BCUT2D eigenvalue weighted by molar-refractivity contribution is -0.913. The molecule has 1 saturated heterocycles. The first-order valence-corrected chi connectivity index (χ1v) is 9.76. The average Bonchev–Trinajstić information content (AvgIpc) is 3.13. The van der Waals surface area contributed by atoms with Gasteiger partial charge in [-0.2, -0.15) is 0 Å². The Balaban J connectivity index is 1.64. The van der Waals surface area contributed by atoms with Crippen molar-refractivity contribution in [2.45, 2.75) is 32.2 Å². The van der Waals surface area contributed by atoms with Crippen LogP contribution in [0.15, 0.2) is 35.4 Å². The first-order valence-electron chi connectivity index (χ1n) is 8.88. The van der Waals surface area contributed by atoms with Gasteiger partial charge in [-0.05, 0) is 49.3 Å². The first kappa shape index (κ1) is 16.4. The predicted molar refractivity (Wildman–Crippen MR) is 98.2 cm³/mol. The van der Waals surface area contributed by atoms with Gasteiger partial charge in [0.2, 0.25) is 5.78 Å². The summed E-state index contributed by atoms with van der Waals surface area (Å²) in [6.07, 6.45) is 6.78. The number of fused-ring (bicyclic) bond motifs is 1. The minimum atomic E-state index is -0.101. The molecule has 130 valence electrons. The summed E-state index contributed by atoms with van der Waals surface area (Å²) in [4.78, 5) is 15.1. The first-order chi connectivity index (χ1) is 12.2. The zero-order valence-electron chi connectivity index (χ0n) is 14.1. The minimum Gasteiger partial charge on any atom is -0.507 e. The second-order valence-electron chi connectivity index (χ2n) is 6.74. The van der Waals surface area contributed by atoms with E-state index < -0.39 is 0 Å². The molecule has 0 radical (unpaired) electrons. The van der Waals surface area contributed by atoms with Crippen LogP contribution in [-0.4, -0.2) is 24.0 Å². The third-order valence-corrected chi connectivity index (χ3v) is 5.79. The molecule has 0 saturated carbocycles. The lowest BCUT2D eigenvalue weighted by atomic mass is 10.0. The van der Waals surface area contributed by atoms with Crippen molar-refractivity contribution in [1.82, 2.24) is 0 Å². The number of phenolic OH excluding ortho intramolecular Hbond substituents is 1. The Kier molecular flexibility index (Phi) is 4.59. The normalized spacial score (nSPS) is 19.7. The fourth-order valence-corrected chi connectivity index (χ4v) is 4.27. The van der Waals surface area contributed by atoms with Crippen LogP contribution in [0.25, 0.3) is 6.08 Å². The summed E-state index contributed by atoms with van der Waals surface area (Å²) in [7, 11) is 0. The van der Waals surface area contributed by atoms with Crippen molar-refractivity contribution in [3.05, 3.63) is 51.4 Å². The van der Waals surface area contributed by atoms with E-state index in [1.807, 2.05) is 17.5 Å². The molecule has 3 heterocycles. The number of benzene rings is 1. The highest BCUT2D eigenvalue weighted by atomic mass is 32.1. The Labute approximate surface area is 151 Å². The van der Waals surface area contributed by atoms with Crippen molar-refractivity contribution in [1.29, 1.82) is 0 Å². The van der Waals surface area contributed by atoms with Crippen molar-refractivity contribution >= 4 is 23.2 Å². The molecule has 0 bridgehead atoms. The number of allylic oxidation sites excluding steroid dienone is 1. The van der Waals surface area contributed by atoms with Gasteiger partial charge < -0.3 is 14.7 Å². The van der Waals surface area contributed by atoms with Gasteiger partial charge in [-0.3, -0.25) is 4.79 Å². The Hall–Kier alpha value is -2.11. The summed E-state index contributed by atoms with van der Waals surface area (Å²) < 4.78 is 5.92. The van der Waals surface area contributed by atoms with Gasteiger partial charge in [-0.15, -0.1) is 11.3 Å². The Morgan fingerprint density at radius 3 is 2.68 bits per heavy atom. The van der Waals surface area contributed by atoms with Crippen molar-refractivity contribution in [3.63, 3.8) is 0 Å². The molecule has 0 amide bonds. The van der Waals surface area contributed by atoms with Crippen molar-refractivity contribution < 1.29 is 19.5 Å². The molecule has 0 atom stereocenters. The highest BCUT2D eigenvalue weighted by Gasteiger charge is 2.32. The highest BCUT2D eigenvalue weighted by Crippen LogP contribution is 2.39. The van der Waals surface area contributed by atoms with E-state index in [9.17, 15) is 9.90 Å². The van der Waals surface area contributed by atoms with Crippen LogP contribution < -0.4 is 9.64 Å². The summed E-state index contributed by atoms with van der Waals surface area (Å²) in [5.74, 6) is 1.01. The van der Waals surface area contributed by atoms with Crippen LogP contribution in [-0.2, 0) is 6.54 Å². The number of ketones is 1. The summed E-state index contributed by atoms with van der Waals surface area (Å²) in [6, 6.07) is 7.20. The third-order valence-electron chi connectivity index (χ3n) is 4.97. The number of rotatable bonds is 3. The summed E-state index contributed by atoms with van der Waals surface area (Å²) >= 11 is 1.57. The van der Waals surface area contributed by atoms with Gasteiger partial charge in [-0.25, -0.2) is 0 Å². The maximum atomic E-state index is 12.7. The Morgan fingerprint density at radius 1 is 1.16 bits per heavy atom. The van der Waals surface area contributed by atoms with Crippen LogP contribution in [0, 0.1) is 0 Å². The number of quaternary nitrogens is 1. The smallest absolute Gasteiger partial charge is 0.232 e. The molecule has 0 unspecified atom stereocenters. The van der Waals surface area contributed by atoms with Gasteiger partial charge in [0.05, 0.1) is 24.2 Å². The van der Waals surface area contributed by atoms with Crippen LogP contribution in [0.5, 0.6) is 11.5 Å². The molecule has 4 nitrogen and oxygen atoms in total. The molecule has 4 rings (SSSR count). The zero-order chi connectivity index (χ0) is 17.2. The van der Waals surface area contributed by atoms with Crippen LogP contribution in [0.4, 0.5) is 0 Å². The third kappa shape index (κ3) is 3.34. The number of likely N-dealkylation sites (tertiary alicyclic amines) is 1. The van der Waals surface area contributed by atoms with Gasteiger partial charge in [0.25, 0.3) is 0 Å². The number of carbonyl (C=O) groups is 1. The molecule has 25 heavy (non-hydrogen) atoms. The molecular weight excluding hydrogens is 334 g/mol. The monoisotopic (exact) mass is 356 g/mol. The quantitative estimate of drug-likeness (QED) is 0.831. The molecule has 2 aromatic rings. The molecule has 1 aromatic carbocycles. The van der Waals surface area contributed by atoms with Gasteiger partial charge in [0.1, 0.15) is 12.3 Å². The van der Waals surface area contributed by atoms with E-state index in [0.29, 0.717) is 23.6 Å². The number of thiophene rings is 1. The number of hydrogen-bond donors (Lipinski definition) is 2. The topological polar surface area (TPSA) is 51.0 Å². The molecule has 2 aliphatic rings. The van der Waals surface area contributed by atoms with Gasteiger partial charge in [0.15, 0.2) is 11.5 Å². The van der Waals surface area contributed by atoms with E-state index in [0.717, 1.165) is 23.5 Å². The zero-order valence-corrected chi connectivity index (χ0v) is 14.9. The van der Waals surface area contributed by atoms with Gasteiger partial charge in [0, 0.05) is 11.0 Å². The molecule has 1 aromatic heterocycles. The van der Waals surface area contributed by atoms with Crippen molar-refractivity contribution in [2.75, 3.05) is 13.1 Å². The number of carbonyl (C=O) groups excluding carboxylic acids is 1. The number of nitrogens with one attached hydrogen (secondary N) is 1. The highest BCUT2D eigenvalue weighted by molar-refractivity contribution is 7.10. The number of Topliss-reactive ketones (excluding diaryl/α,β-unsaturated/α-hetero) is 1. The number of aromatic hydroxyl groups is 1. The molecule has 0 spiro atoms. The fraction of sp³-hybridized carbons (Fsp3) is 0.350. The molecule has 2 N–H and O–H groups in total. The van der Waals surface area contributed by atoms with Crippen molar-refractivity contribution in [3.8, 4) is 11.5 Å². The fourth-order valence-electron chi connectivity index (χ4n) is 3.63. The van der Waals surface area contributed by atoms with Crippen LogP contribution in [0.2, 0.25) is 0 Å². The molecule has 0 aliphatic carbocycles. The maximum Gasteiger partial charge on any atom is 0.232 e. The average molecular weight is 356 g/mol. The Morgan fingerprint density at radius 2 is 1.96 bits per heavy atom. The molecular formula is C20H22NO3S+. The van der Waals surface area contributed by atoms with Crippen LogP contribution in [0.1, 0.15) is 46.5 Å². The second kappa shape index (κ2) is 7.02. The van der Waals surface area contributed by atoms with Crippen molar-refractivity contribution in [2.24, 2.45) is 0 Å². The van der Waals surface area contributed by atoms with E-state index in [1.54, 1.807) is 29.5 Å². The standard InChI is InChI=1S/C20H21NO3S/c22-17-8-7-15-19(23)18(12-14-6-5-11-25-14)24-20(15)16(17)13-21-9-3-1-2-4-10-21/h5-8,11-12,22H,1-4,9-10,13H2/p+1/b18-12+. The van der Waals surface area contributed by atoms with Gasteiger partial charge >= 0.3 is 0 Å². The largest absolute Gasteiger partial charge is 0.507 e. The van der Waals surface area contributed by atoms with Crippen LogP contribution >= 0.6 is 11.3 Å². The van der Waals surface area contributed by atoms with E-state index >= 15 is 0 Å². The molecule has 2 aliphatic heterocycles. The van der Waals surface area contributed by atoms with E-state index in [1.165, 1.54) is 30.6 Å². The molecule has 5 heteroatoms. The van der Waals surface area contributed by atoms with E-state index in [-0.39, 0.29) is 11.5 Å². The summed E-state index contributed by atoms with van der Waals surface area (Å²) in [5.41, 5.74) is 1.32. The SMILES string of the molecule is O=C1/C(=C\c2cccs2)Oc2c1ccc(O)c2C[NH+]1CCCCCC1. The van der Waals surface area contributed by atoms with Gasteiger partial charge in [-0.1, -0.05) is 6.07 Å². The number of phenols is 1. The molecule has 1 fully saturated rings. The Bertz CT molecular complexity index is 803. The number of ether oxygens (including phenoxy) is 1. The minimum absolute atomic E-state index is 0.101. The van der Waals surface area contributed by atoms with Crippen LogP contribution in [0.3, 0.4) is 0 Å². The number of hydrogen-bond acceptors (Lipinski definition) is 4. The van der Waals surface area contributed by atoms with E-state index in [2.05, 4.69) is 0 Å². The second-order valence-corrected chi connectivity index (χ2v) is 7.72. The maximum absolute atomic E-state index is 12.7. The van der Waals surface area contributed by atoms with E-state index in [4.69, 9.17) is 4.74 Å². The summed E-state index contributed by atoms with van der Waals surface area (Å²) in [6.45, 7) is 2.92. The predicted octanol–water partition coefficient (Wildman–Crippen LogP) is 3.03. The lowest BCUT2D eigenvalue weighted by Crippen LogP contribution is -3.10. The lowest BCUT2D eigenvalue weighted by Gasteiger charge is -2.18. The summed E-state index contributed by atoms with van der Waals surface area (Å²) in [5, 5.41) is 12.4.